The predicted octanol–water partition coefficient (Wildman–Crippen LogP) is 2.91. The van der Waals surface area contributed by atoms with Crippen molar-refractivity contribution in [1.29, 1.82) is 0 Å². The Morgan fingerprint density at radius 2 is 1.77 bits per heavy atom. The summed E-state index contributed by atoms with van der Waals surface area (Å²) in [5, 5.41) is 6.01. The van der Waals surface area contributed by atoms with Crippen molar-refractivity contribution in [3.63, 3.8) is 0 Å². The minimum atomic E-state index is -3.38. The van der Waals surface area contributed by atoms with Crippen molar-refractivity contribution in [2.24, 2.45) is 0 Å². The Labute approximate surface area is 184 Å². The fourth-order valence-electron chi connectivity index (χ4n) is 3.37. The van der Waals surface area contributed by atoms with Gasteiger partial charge < -0.3 is 4.90 Å². The molecule has 0 radical (unpaired) electrons. The molecule has 1 aromatic heterocycles. The summed E-state index contributed by atoms with van der Waals surface area (Å²) in [6.07, 6.45) is 1.49. The zero-order valence-electron chi connectivity index (χ0n) is 16.3. The predicted molar refractivity (Wildman–Crippen MR) is 120 cm³/mol. The van der Waals surface area contributed by atoms with Crippen LogP contribution in [0, 0.1) is 0 Å². The van der Waals surface area contributed by atoms with Gasteiger partial charge in [0.2, 0.25) is 5.91 Å². The van der Waals surface area contributed by atoms with Crippen LogP contribution in [-0.4, -0.2) is 35.9 Å². The Kier molecular flexibility index (Phi) is 5.75. The minimum Gasteiger partial charge on any atom is -0.303 e. The van der Waals surface area contributed by atoms with Gasteiger partial charge in [-0.25, -0.2) is 13.1 Å². The van der Waals surface area contributed by atoms with E-state index in [-0.39, 0.29) is 12.3 Å². The van der Waals surface area contributed by atoms with Crippen LogP contribution in [0.25, 0.3) is 11.3 Å². The standard InChI is InChI=1S/C22H18ClN3O4S/c23-17-8-6-16(7-9-17)20-10-11-21(27)25(24-20)14-22(28)26(18-4-2-1-3-5-18)19-12-13-31(29,30)15-19/h1-13,19H,14-15H2/t19-/m0/s1. The molecule has 1 amide bonds. The smallest absolute Gasteiger partial charge is 0.267 e. The first-order valence-electron chi connectivity index (χ1n) is 9.44. The highest BCUT2D eigenvalue weighted by Crippen LogP contribution is 2.23. The molecule has 1 atom stereocenters. The van der Waals surface area contributed by atoms with Gasteiger partial charge in [-0.3, -0.25) is 9.59 Å². The second kappa shape index (κ2) is 8.49. The fourth-order valence-corrected chi connectivity index (χ4v) is 4.76. The number of para-hydroxylation sites is 1. The number of carbonyl (C=O) groups excluding carboxylic acids is 1. The highest BCUT2D eigenvalue weighted by atomic mass is 35.5. The van der Waals surface area contributed by atoms with Crippen LogP contribution in [0.1, 0.15) is 0 Å². The van der Waals surface area contributed by atoms with E-state index in [1.807, 2.05) is 0 Å². The second-order valence-electron chi connectivity index (χ2n) is 7.05. The molecule has 3 aromatic rings. The summed E-state index contributed by atoms with van der Waals surface area (Å²) in [5.74, 6) is -0.651. The lowest BCUT2D eigenvalue weighted by molar-refractivity contribution is -0.119. The third kappa shape index (κ3) is 4.76. The van der Waals surface area contributed by atoms with E-state index in [2.05, 4.69) is 5.10 Å². The molecule has 1 aliphatic rings. The third-order valence-electron chi connectivity index (χ3n) is 4.84. The Balaban J connectivity index is 1.66. The number of halogens is 1. The molecule has 0 saturated heterocycles. The number of nitrogens with zero attached hydrogens (tertiary/aromatic N) is 3. The van der Waals surface area contributed by atoms with Crippen molar-refractivity contribution in [1.82, 2.24) is 9.78 Å². The first-order valence-corrected chi connectivity index (χ1v) is 11.5. The highest BCUT2D eigenvalue weighted by Gasteiger charge is 2.31. The van der Waals surface area contributed by atoms with Gasteiger partial charge in [0.1, 0.15) is 6.54 Å². The Hall–Kier alpha value is -3.23. The molecule has 2 heterocycles. The largest absolute Gasteiger partial charge is 0.303 e. The van der Waals surface area contributed by atoms with E-state index < -0.39 is 27.3 Å². The molecule has 0 aliphatic carbocycles. The molecule has 1 aliphatic heterocycles. The van der Waals surface area contributed by atoms with Crippen molar-refractivity contribution >= 4 is 33.0 Å². The molecule has 31 heavy (non-hydrogen) atoms. The van der Waals surface area contributed by atoms with E-state index in [4.69, 9.17) is 11.6 Å². The van der Waals surface area contributed by atoms with Crippen LogP contribution in [0.2, 0.25) is 5.02 Å². The van der Waals surface area contributed by atoms with Crippen molar-refractivity contribution in [3.8, 4) is 11.3 Å². The first kappa shape index (κ1) is 21.0. The molecule has 0 fully saturated rings. The summed E-state index contributed by atoms with van der Waals surface area (Å²) >= 11 is 5.93. The number of carbonyl (C=O) groups is 1. The zero-order valence-corrected chi connectivity index (χ0v) is 17.8. The van der Waals surface area contributed by atoms with Crippen molar-refractivity contribution in [2.45, 2.75) is 12.6 Å². The number of benzene rings is 2. The summed E-state index contributed by atoms with van der Waals surface area (Å²) in [5.41, 5.74) is 1.36. The van der Waals surface area contributed by atoms with Gasteiger partial charge in [-0.2, -0.15) is 5.10 Å². The van der Waals surface area contributed by atoms with Gasteiger partial charge >= 0.3 is 0 Å². The maximum absolute atomic E-state index is 13.2. The van der Waals surface area contributed by atoms with E-state index in [9.17, 15) is 18.0 Å². The van der Waals surface area contributed by atoms with E-state index in [0.29, 0.717) is 16.4 Å². The summed E-state index contributed by atoms with van der Waals surface area (Å²) in [4.78, 5) is 27.0. The molecule has 0 N–H and O–H groups in total. The van der Waals surface area contributed by atoms with Crippen LogP contribution in [0.3, 0.4) is 0 Å². The van der Waals surface area contributed by atoms with Gasteiger partial charge in [0, 0.05) is 27.7 Å². The topological polar surface area (TPSA) is 89.3 Å². The van der Waals surface area contributed by atoms with Crippen LogP contribution >= 0.6 is 11.6 Å². The van der Waals surface area contributed by atoms with Crippen LogP contribution in [0.5, 0.6) is 0 Å². The minimum absolute atomic E-state index is 0.208. The van der Waals surface area contributed by atoms with Crippen molar-refractivity contribution in [3.05, 3.63) is 93.6 Å². The molecule has 4 rings (SSSR count). The molecule has 0 saturated carbocycles. The monoisotopic (exact) mass is 455 g/mol. The molecule has 2 aromatic carbocycles. The average molecular weight is 456 g/mol. The Bertz CT molecular complexity index is 1300. The zero-order chi connectivity index (χ0) is 22.0. The van der Waals surface area contributed by atoms with Gasteiger partial charge in [0.25, 0.3) is 5.56 Å². The molecule has 0 spiro atoms. The normalized spacial score (nSPS) is 16.9. The molecule has 0 bridgehead atoms. The number of sulfone groups is 1. The van der Waals surface area contributed by atoms with Gasteiger partial charge in [-0.1, -0.05) is 41.9 Å². The van der Waals surface area contributed by atoms with E-state index in [1.54, 1.807) is 60.7 Å². The Morgan fingerprint density at radius 3 is 2.42 bits per heavy atom. The molecule has 158 valence electrons. The molecule has 7 nitrogen and oxygen atoms in total. The highest BCUT2D eigenvalue weighted by molar-refractivity contribution is 7.94. The lowest BCUT2D eigenvalue weighted by atomic mass is 10.1. The quantitative estimate of drug-likeness (QED) is 0.590. The van der Waals surface area contributed by atoms with Gasteiger partial charge in [0.05, 0.1) is 17.5 Å². The summed E-state index contributed by atoms with van der Waals surface area (Å²) < 4.78 is 24.9. The Morgan fingerprint density at radius 1 is 1.06 bits per heavy atom. The number of hydrogen-bond acceptors (Lipinski definition) is 5. The second-order valence-corrected chi connectivity index (χ2v) is 9.41. The molecule has 9 heteroatoms. The first-order chi connectivity index (χ1) is 14.8. The average Bonchev–Trinajstić information content (AvgIpc) is 3.10. The number of hydrogen-bond donors (Lipinski definition) is 0. The van der Waals surface area contributed by atoms with Gasteiger partial charge in [-0.05, 0) is 36.4 Å². The summed E-state index contributed by atoms with van der Waals surface area (Å²) in [6, 6.07) is 18.0. The van der Waals surface area contributed by atoms with Gasteiger partial charge in [-0.15, -0.1) is 0 Å². The third-order valence-corrected chi connectivity index (χ3v) is 6.47. The fraction of sp³-hybridized carbons (Fsp3) is 0.136. The maximum atomic E-state index is 13.2. The van der Waals surface area contributed by atoms with Crippen LogP contribution in [-0.2, 0) is 21.2 Å². The van der Waals surface area contributed by atoms with Crippen molar-refractivity contribution < 1.29 is 13.2 Å². The van der Waals surface area contributed by atoms with Crippen LogP contribution < -0.4 is 10.5 Å². The molecule has 0 unspecified atom stereocenters. The summed E-state index contributed by atoms with van der Waals surface area (Å²) in [6.45, 7) is -0.334. The number of anilines is 1. The number of amides is 1. The van der Waals surface area contributed by atoms with E-state index in [0.717, 1.165) is 15.7 Å². The lowest BCUT2D eigenvalue weighted by Crippen LogP contribution is -2.44. The SMILES string of the molecule is O=C(Cn1nc(-c2ccc(Cl)cc2)ccc1=O)N(c1ccccc1)[C@H]1C=CS(=O)(=O)C1. The molecular formula is C22H18ClN3O4S. The maximum Gasteiger partial charge on any atom is 0.267 e. The number of aromatic nitrogens is 2. The molecular weight excluding hydrogens is 438 g/mol. The lowest BCUT2D eigenvalue weighted by Gasteiger charge is -2.27. The number of rotatable bonds is 5. The van der Waals surface area contributed by atoms with Crippen LogP contribution in [0.4, 0.5) is 5.69 Å². The van der Waals surface area contributed by atoms with Gasteiger partial charge in [0.15, 0.2) is 9.84 Å². The van der Waals surface area contributed by atoms with Crippen molar-refractivity contribution in [2.75, 3.05) is 10.7 Å². The summed E-state index contributed by atoms with van der Waals surface area (Å²) in [7, 11) is -3.38. The van der Waals surface area contributed by atoms with Crippen LogP contribution in [0.15, 0.2) is 83.0 Å². The van der Waals surface area contributed by atoms with E-state index in [1.165, 1.54) is 17.0 Å². The van der Waals surface area contributed by atoms with E-state index >= 15 is 0 Å².